The molecule has 0 aromatic heterocycles. The summed E-state index contributed by atoms with van der Waals surface area (Å²) in [6.45, 7) is 9.09. The van der Waals surface area contributed by atoms with Crippen molar-refractivity contribution in [2.75, 3.05) is 6.16 Å². The highest BCUT2D eigenvalue weighted by Crippen LogP contribution is 2.40. The largest absolute Gasteiger partial charge is 0.225 e. The average Bonchev–Trinajstić information content (AvgIpc) is 2.95. The second kappa shape index (κ2) is 13.2. The van der Waals surface area contributed by atoms with Gasteiger partial charge >= 0.3 is 0 Å². The van der Waals surface area contributed by atoms with Crippen LogP contribution in [0.4, 0.5) is 43.9 Å². The Morgan fingerprint density at radius 1 is 0.444 bits per heavy atom. The summed E-state index contributed by atoms with van der Waals surface area (Å²) < 4.78 is 145. The third-order valence-corrected chi connectivity index (χ3v) is 11.1. The highest BCUT2D eigenvalue weighted by atomic mass is 31.1. The first-order valence-electron chi connectivity index (χ1n) is 13.9. The van der Waals surface area contributed by atoms with Crippen LogP contribution in [0.3, 0.4) is 0 Å². The SMILES string of the molecule is Cc1cc(C)c(P(CCCB(c2c(F)c(F)c(F)c(F)c2F)c2c(F)c(F)c(F)c(F)c2F)c2c(C)cc(C)cc2C)c(C)c1. The zero-order valence-corrected chi connectivity index (χ0v) is 26.1. The van der Waals surface area contributed by atoms with E-state index in [0.717, 1.165) is 44.0 Å². The van der Waals surface area contributed by atoms with Gasteiger partial charge in [-0.1, -0.05) is 48.1 Å². The molecule has 0 atom stereocenters. The van der Waals surface area contributed by atoms with E-state index in [2.05, 4.69) is 0 Å². The number of hydrogen-bond donors (Lipinski definition) is 0. The van der Waals surface area contributed by atoms with Crippen molar-refractivity contribution in [1.29, 1.82) is 0 Å². The summed E-state index contributed by atoms with van der Waals surface area (Å²) in [6, 6.07) is 7.90. The molecule has 0 bridgehead atoms. The summed E-state index contributed by atoms with van der Waals surface area (Å²) >= 11 is 0. The Morgan fingerprint density at radius 3 is 1.00 bits per heavy atom. The van der Waals surface area contributed by atoms with E-state index in [9.17, 15) is 26.3 Å². The molecule has 0 amide bonds. The Morgan fingerprint density at radius 2 is 0.711 bits per heavy atom. The zero-order chi connectivity index (χ0) is 33.7. The van der Waals surface area contributed by atoms with E-state index in [4.69, 9.17) is 0 Å². The molecule has 0 radical (unpaired) electrons. The summed E-state index contributed by atoms with van der Waals surface area (Å²) in [5, 5.41) is 1.93. The Labute approximate surface area is 256 Å². The van der Waals surface area contributed by atoms with Gasteiger partial charge in [-0.05, 0) is 88.5 Å². The first-order valence-corrected chi connectivity index (χ1v) is 15.5. The van der Waals surface area contributed by atoms with Crippen molar-refractivity contribution in [3.63, 3.8) is 0 Å². The van der Waals surface area contributed by atoms with Crippen LogP contribution in [0.1, 0.15) is 39.8 Å². The molecule has 0 saturated heterocycles. The van der Waals surface area contributed by atoms with E-state index in [1.54, 1.807) is 0 Å². The summed E-state index contributed by atoms with van der Waals surface area (Å²) in [5.41, 5.74) is 2.40. The molecule has 0 nitrogen and oxygen atoms in total. The Balaban J connectivity index is 1.90. The van der Waals surface area contributed by atoms with E-state index in [-0.39, 0.29) is 12.6 Å². The minimum absolute atomic E-state index is 0.144. The normalized spacial score (nSPS) is 11.6. The van der Waals surface area contributed by atoms with Crippen LogP contribution in [0.15, 0.2) is 24.3 Å². The van der Waals surface area contributed by atoms with Crippen LogP contribution in [0.5, 0.6) is 0 Å². The van der Waals surface area contributed by atoms with E-state index < -0.39 is 90.1 Å². The summed E-state index contributed by atoms with van der Waals surface area (Å²) in [4.78, 5) is 0. The van der Waals surface area contributed by atoms with Crippen LogP contribution in [0, 0.1) is 99.7 Å². The summed E-state index contributed by atoms with van der Waals surface area (Å²) in [7, 11) is -1.28. The van der Waals surface area contributed by atoms with Gasteiger partial charge < -0.3 is 0 Å². The van der Waals surface area contributed by atoms with E-state index in [0.29, 0.717) is 0 Å². The number of halogens is 10. The van der Waals surface area contributed by atoms with Gasteiger partial charge in [0.25, 0.3) is 0 Å². The first kappa shape index (κ1) is 34.5. The van der Waals surface area contributed by atoms with Crippen molar-refractivity contribution in [3.05, 3.63) is 116 Å². The lowest BCUT2D eigenvalue weighted by Crippen LogP contribution is -2.50. The second-order valence-corrected chi connectivity index (χ2v) is 13.5. The molecular weight excluding hydrogens is 628 g/mol. The lowest BCUT2D eigenvalue weighted by atomic mass is 9.37. The smallest absolute Gasteiger partial charge is 0.204 e. The van der Waals surface area contributed by atoms with Crippen LogP contribution in [-0.4, -0.2) is 12.9 Å². The first-order chi connectivity index (χ1) is 21.0. The second-order valence-electron chi connectivity index (χ2n) is 11.3. The lowest BCUT2D eigenvalue weighted by Gasteiger charge is -2.27. The lowest BCUT2D eigenvalue weighted by molar-refractivity contribution is 0.382. The van der Waals surface area contributed by atoms with Crippen LogP contribution in [0.25, 0.3) is 0 Å². The molecule has 45 heavy (non-hydrogen) atoms. The van der Waals surface area contributed by atoms with Crippen LogP contribution < -0.4 is 21.5 Å². The Hall–Kier alpha value is -3.33. The van der Waals surface area contributed by atoms with Gasteiger partial charge in [0, 0.05) is 10.9 Å². The van der Waals surface area contributed by atoms with Crippen LogP contribution >= 0.6 is 7.92 Å². The standard InChI is InChI=1S/C33H28BF10P/c1-14-10-16(3)32(17(4)11-14)45(33-18(5)12-15(2)13-19(33)6)9-7-8-34(20-22(35)26(39)30(43)27(40)23(20)36)21-24(37)28(41)31(44)29(42)25(21)38/h10-13H,7-9H2,1-6H3. The maximum absolute atomic E-state index is 15.1. The molecule has 0 saturated carbocycles. The molecule has 4 aromatic carbocycles. The molecule has 4 rings (SSSR count). The summed E-state index contributed by atoms with van der Waals surface area (Å²) in [5.74, 6) is -24.3. The van der Waals surface area contributed by atoms with E-state index >= 15 is 17.6 Å². The fraction of sp³-hybridized carbons (Fsp3) is 0.273. The molecule has 0 heterocycles. The van der Waals surface area contributed by atoms with Gasteiger partial charge in [-0.15, -0.1) is 0 Å². The number of benzene rings is 4. The monoisotopic (exact) mass is 656 g/mol. The molecule has 0 aliphatic rings. The molecule has 0 unspecified atom stereocenters. The maximum Gasteiger partial charge on any atom is 0.225 e. The van der Waals surface area contributed by atoms with Crippen molar-refractivity contribution >= 4 is 36.2 Å². The molecule has 0 N–H and O–H groups in total. The van der Waals surface area contributed by atoms with Crippen molar-refractivity contribution in [1.82, 2.24) is 0 Å². The van der Waals surface area contributed by atoms with Gasteiger partial charge in [-0.2, -0.15) is 0 Å². The average molecular weight is 656 g/mol. The van der Waals surface area contributed by atoms with E-state index in [1.807, 2.05) is 65.8 Å². The third-order valence-electron chi connectivity index (χ3n) is 7.87. The van der Waals surface area contributed by atoms with Crippen molar-refractivity contribution < 1.29 is 43.9 Å². The predicted molar refractivity (Wildman–Crippen MR) is 159 cm³/mol. The van der Waals surface area contributed by atoms with Crippen molar-refractivity contribution in [2.45, 2.75) is 54.3 Å². The molecule has 4 aromatic rings. The van der Waals surface area contributed by atoms with Gasteiger partial charge in [0.1, 0.15) is 0 Å². The van der Waals surface area contributed by atoms with Gasteiger partial charge in [-0.25, -0.2) is 43.9 Å². The van der Waals surface area contributed by atoms with Gasteiger partial charge in [0.15, 0.2) is 58.2 Å². The molecule has 0 aliphatic heterocycles. The van der Waals surface area contributed by atoms with Crippen molar-refractivity contribution in [3.8, 4) is 0 Å². The molecule has 238 valence electrons. The maximum atomic E-state index is 15.1. The highest BCUT2D eigenvalue weighted by Gasteiger charge is 2.39. The predicted octanol–water partition coefficient (Wildman–Crippen LogP) is 8.06. The minimum Gasteiger partial charge on any atom is -0.204 e. The van der Waals surface area contributed by atoms with Gasteiger partial charge in [0.2, 0.25) is 6.71 Å². The molecular formula is C33H28BF10P. The van der Waals surface area contributed by atoms with Crippen LogP contribution in [-0.2, 0) is 0 Å². The highest BCUT2D eigenvalue weighted by molar-refractivity contribution is 7.73. The zero-order valence-electron chi connectivity index (χ0n) is 25.2. The quantitative estimate of drug-likeness (QED) is 0.0592. The molecule has 0 fully saturated rings. The van der Waals surface area contributed by atoms with Crippen LogP contribution in [0.2, 0.25) is 6.32 Å². The van der Waals surface area contributed by atoms with Gasteiger partial charge in [-0.3, -0.25) is 0 Å². The molecule has 0 spiro atoms. The Kier molecular flexibility index (Phi) is 10.1. The third kappa shape index (κ3) is 6.25. The number of hydrogen-bond acceptors (Lipinski definition) is 0. The minimum atomic E-state index is -2.52. The Bertz CT molecular complexity index is 1590. The summed E-state index contributed by atoms with van der Waals surface area (Å²) in [6.07, 6.45) is -0.648. The van der Waals surface area contributed by atoms with E-state index in [1.165, 1.54) is 0 Å². The fourth-order valence-corrected chi connectivity index (χ4v) is 9.40. The molecule has 12 heteroatoms. The fourth-order valence-electron chi connectivity index (χ4n) is 6.27. The van der Waals surface area contributed by atoms with Gasteiger partial charge in [0.05, 0.1) is 0 Å². The number of rotatable bonds is 8. The topological polar surface area (TPSA) is 0 Å². The molecule has 0 aliphatic carbocycles. The number of aryl methyl sites for hydroxylation is 6. The van der Waals surface area contributed by atoms with Crippen molar-refractivity contribution in [2.24, 2.45) is 0 Å².